The first kappa shape index (κ1) is 82.7. The second-order valence-corrected chi connectivity index (χ2v) is 30.8. The van der Waals surface area contributed by atoms with Crippen molar-refractivity contribution in [3.63, 3.8) is 0 Å². The number of ether oxygens (including phenoxy) is 3. The summed E-state index contributed by atoms with van der Waals surface area (Å²) < 4.78 is 18.8. The van der Waals surface area contributed by atoms with Gasteiger partial charge in [-0.3, -0.25) is 24.4 Å². The number of esters is 1. The minimum atomic E-state index is -0.241. The van der Waals surface area contributed by atoms with E-state index >= 15 is 0 Å². The van der Waals surface area contributed by atoms with Gasteiger partial charge in [0.05, 0.1) is 32.3 Å². The number of hydrogen-bond donors (Lipinski definition) is 3. The maximum absolute atomic E-state index is 12.9. The van der Waals surface area contributed by atoms with Gasteiger partial charge in [-0.2, -0.15) is 0 Å². The third-order valence-electron chi connectivity index (χ3n) is 20.4. The van der Waals surface area contributed by atoms with Crippen LogP contribution in [0.5, 0.6) is 23.0 Å². The zero-order valence-electron chi connectivity index (χ0n) is 65.7. The van der Waals surface area contributed by atoms with Gasteiger partial charge < -0.3 is 29.5 Å². The molecule has 0 aromatic heterocycles. The van der Waals surface area contributed by atoms with Crippen molar-refractivity contribution in [1.29, 1.82) is 0 Å². The van der Waals surface area contributed by atoms with E-state index in [2.05, 4.69) is 252 Å². The highest BCUT2D eigenvalue weighted by molar-refractivity contribution is 5.75. The highest BCUT2D eigenvalue weighted by Gasteiger charge is 2.28. The molecular formula is C92H126N4O7. The standard InChI is InChI=1S/C48H66N2O4.C44H60N2O3/c1-33(2)48(52)54-47-24-22-39(30-45(47)43(41-19-15-12-16-20-41)26-28-50(36(7)8)37(9)10)32-53-31-38-21-23-46(51)44(29-38)42(40-17-13-11-14-18-40)25-27-49(34(3)4)35(5)6;1-31(2)45(32(3)4)25-23-39(37-15-11-9-12-16-37)41-27-35(19-21-43(41)47)29-49-30-36-20-22-44(48)42(28-36)40(38-17-13-10-14-18-38)24-26-46(33(5)6)34(7)8/h11-24,29-30,33-37,42-43,51H,25-28,31-32H2,1-10H3;9-22,27-28,31-34,39-40,47-48H,23-26,29-30H2,1-8H3/t42-,43+;39-,40+/m0./s1. The Hall–Kier alpha value is -7.61. The minimum absolute atomic E-state index is 0.0259. The van der Waals surface area contributed by atoms with E-state index in [0.717, 1.165) is 96.4 Å². The first-order chi connectivity index (χ1) is 49.2. The Labute approximate surface area is 621 Å². The van der Waals surface area contributed by atoms with Gasteiger partial charge in [-0.15, -0.1) is 0 Å². The van der Waals surface area contributed by atoms with Crippen molar-refractivity contribution in [2.45, 2.75) is 249 Å². The van der Waals surface area contributed by atoms with Crippen LogP contribution in [0.4, 0.5) is 0 Å². The molecule has 0 amide bonds. The molecule has 0 saturated carbocycles. The van der Waals surface area contributed by atoms with Gasteiger partial charge in [0.1, 0.15) is 23.0 Å². The minimum Gasteiger partial charge on any atom is -0.508 e. The molecule has 0 unspecified atom stereocenters. The molecule has 8 aromatic rings. The van der Waals surface area contributed by atoms with Gasteiger partial charge in [0, 0.05) is 94.3 Å². The molecule has 0 heterocycles. The molecule has 0 saturated heterocycles. The van der Waals surface area contributed by atoms with Gasteiger partial charge in [-0.1, -0.05) is 159 Å². The zero-order valence-corrected chi connectivity index (χ0v) is 65.7. The number of phenols is 3. The Morgan fingerprint density at radius 2 is 0.524 bits per heavy atom. The van der Waals surface area contributed by atoms with Crippen molar-refractivity contribution >= 4 is 5.97 Å². The molecule has 0 aliphatic heterocycles. The number of benzene rings is 8. The molecule has 103 heavy (non-hydrogen) atoms. The van der Waals surface area contributed by atoms with Crippen LogP contribution in [-0.4, -0.2) is 115 Å². The molecule has 4 atom stereocenters. The molecule has 0 spiro atoms. The fourth-order valence-electron chi connectivity index (χ4n) is 15.1. The number of rotatable bonds is 38. The monoisotopic (exact) mass is 1400 g/mol. The molecule has 8 aromatic carbocycles. The van der Waals surface area contributed by atoms with Gasteiger partial charge in [-0.25, -0.2) is 0 Å². The average molecular weight is 1400 g/mol. The van der Waals surface area contributed by atoms with Gasteiger partial charge in [-0.05, 0) is 256 Å². The number of aromatic hydroxyl groups is 3. The summed E-state index contributed by atoms with van der Waals surface area (Å²) in [5, 5.41) is 33.4. The second kappa shape index (κ2) is 41.2. The third kappa shape index (κ3) is 24.8. The van der Waals surface area contributed by atoms with Crippen LogP contribution in [0.2, 0.25) is 0 Å². The van der Waals surface area contributed by atoms with Crippen LogP contribution in [-0.2, 0) is 40.7 Å². The number of hydrogen-bond acceptors (Lipinski definition) is 11. The van der Waals surface area contributed by atoms with Crippen molar-refractivity contribution < 1.29 is 34.3 Å². The average Bonchev–Trinajstić information content (AvgIpc) is 0.821. The molecule has 0 aliphatic rings. The topological polar surface area (TPSA) is 118 Å². The predicted molar refractivity (Wildman–Crippen MR) is 428 cm³/mol. The first-order valence-corrected chi connectivity index (χ1v) is 38.4. The van der Waals surface area contributed by atoms with Crippen LogP contribution in [0, 0.1) is 5.92 Å². The fourth-order valence-corrected chi connectivity index (χ4v) is 15.1. The van der Waals surface area contributed by atoms with Crippen LogP contribution in [0.1, 0.15) is 241 Å². The van der Waals surface area contributed by atoms with Gasteiger partial charge in [0.15, 0.2) is 0 Å². The summed E-state index contributed by atoms with van der Waals surface area (Å²) in [6.45, 7) is 45.1. The van der Waals surface area contributed by atoms with Crippen molar-refractivity contribution in [3.05, 3.63) is 261 Å². The maximum Gasteiger partial charge on any atom is 0.313 e. The highest BCUT2D eigenvalue weighted by atomic mass is 16.5. The molecule has 556 valence electrons. The van der Waals surface area contributed by atoms with Crippen molar-refractivity contribution in [2.75, 3.05) is 26.2 Å². The van der Waals surface area contributed by atoms with E-state index in [4.69, 9.17) is 14.2 Å². The summed E-state index contributed by atoms with van der Waals surface area (Å²) in [5.41, 5.74) is 12.7. The second-order valence-electron chi connectivity index (χ2n) is 30.8. The molecule has 11 nitrogen and oxygen atoms in total. The lowest BCUT2D eigenvalue weighted by atomic mass is 9.86. The highest BCUT2D eigenvalue weighted by Crippen LogP contribution is 2.41. The third-order valence-corrected chi connectivity index (χ3v) is 20.4. The summed E-state index contributed by atoms with van der Waals surface area (Å²) in [5.74, 6) is 1.29. The lowest BCUT2D eigenvalue weighted by Crippen LogP contribution is -2.38. The lowest BCUT2D eigenvalue weighted by Gasteiger charge is -2.32. The molecule has 0 radical (unpaired) electrons. The van der Waals surface area contributed by atoms with Crippen LogP contribution in [0.25, 0.3) is 0 Å². The predicted octanol–water partition coefficient (Wildman–Crippen LogP) is 21.0. The zero-order chi connectivity index (χ0) is 74.9. The van der Waals surface area contributed by atoms with Crippen LogP contribution in [0.3, 0.4) is 0 Å². The fraction of sp³-hybridized carbons (Fsp3) is 0.467. The van der Waals surface area contributed by atoms with E-state index in [9.17, 15) is 20.1 Å². The quantitative estimate of drug-likeness (QED) is 0.0254. The van der Waals surface area contributed by atoms with Gasteiger partial charge >= 0.3 is 5.97 Å². The Morgan fingerprint density at radius 3 is 0.757 bits per heavy atom. The Bertz CT molecular complexity index is 3610. The van der Waals surface area contributed by atoms with E-state index in [1.165, 1.54) is 22.3 Å². The SMILES string of the molecule is CC(C)C(=O)Oc1ccc(COCc2ccc(O)c([C@@H](CCN(C(C)C)C(C)C)c3ccccc3)c2)cc1[C@H](CCN(C(C)C)C(C)C)c1ccccc1.CC(C)N(CC[C@H](c1ccccc1)c1cc(COCc2ccc(O)c([C@@H](CCN(C(C)C)C(C)C)c3ccccc3)c2)ccc1O)C(C)C. The maximum atomic E-state index is 12.9. The largest absolute Gasteiger partial charge is 0.508 e. The number of phenolic OH excluding ortho intramolecular Hbond substituents is 3. The Morgan fingerprint density at radius 1 is 0.301 bits per heavy atom. The summed E-state index contributed by atoms with van der Waals surface area (Å²) in [6.07, 6.45) is 3.58. The molecule has 0 aliphatic carbocycles. The lowest BCUT2D eigenvalue weighted by molar-refractivity contribution is -0.137. The van der Waals surface area contributed by atoms with Crippen LogP contribution < -0.4 is 4.74 Å². The van der Waals surface area contributed by atoms with Gasteiger partial charge in [0.2, 0.25) is 0 Å². The first-order valence-electron chi connectivity index (χ1n) is 38.4. The van der Waals surface area contributed by atoms with Crippen molar-refractivity contribution in [1.82, 2.24) is 19.6 Å². The van der Waals surface area contributed by atoms with Crippen molar-refractivity contribution in [2.24, 2.45) is 5.92 Å². The number of nitrogens with zero attached hydrogens (tertiary/aromatic N) is 4. The summed E-state index contributed by atoms with van der Waals surface area (Å²) in [4.78, 5) is 23.0. The molecule has 8 rings (SSSR count). The molecular weight excluding hydrogens is 1270 g/mol. The van der Waals surface area contributed by atoms with Gasteiger partial charge in [0.25, 0.3) is 0 Å². The molecule has 3 N–H and O–H groups in total. The number of carbonyl (C=O) groups is 1. The molecule has 0 bridgehead atoms. The summed E-state index contributed by atoms with van der Waals surface area (Å²) >= 11 is 0. The van der Waals surface area contributed by atoms with E-state index in [1.807, 2.05) is 86.6 Å². The number of carbonyl (C=O) groups excluding carboxylic acids is 1. The van der Waals surface area contributed by atoms with E-state index < -0.39 is 0 Å². The molecule has 11 heteroatoms. The van der Waals surface area contributed by atoms with Crippen molar-refractivity contribution in [3.8, 4) is 23.0 Å². The van der Waals surface area contributed by atoms with Crippen LogP contribution in [0.15, 0.2) is 194 Å². The summed E-state index contributed by atoms with van der Waals surface area (Å²) in [7, 11) is 0. The van der Waals surface area contributed by atoms with E-state index in [0.29, 0.717) is 97.8 Å². The van der Waals surface area contributed by atoms with E-state index in [-0.39, 0.29) is 35.6 Å². The molecule has 0 fully saturated rings. The van der Waals surface area contributed by atoms with E-state index in [1.54, 1.807) is 0 Å². The normalized spacial score (nSPS) is 13.3. The summed E-state index contributed by atoms with van der Waals surface area (Å²) in [6, 6.07) is 69.4. The van der Waals surface area contributed by atoms with Crippen LogP contribution >= 0.6 is 0 Å². The Balaban J connectivity index is 0.000000290. The smallest absolute Gasteiger partial charge is 0.313 e. The Kier molecular flexibility index (Phi) is 33.1.